The van der Waals surface area contributed by atoms with Gasteiger partial charge in [-0.1, -0.05) is 6.08 Å². The molecule has 1 N–H and O–H groups in total. The summed E-state index contributed by atoms with van der Waals surface area (Å²) in [6.45, 7) is 5.44. The number of aliphatic hydroxyl groups excluding tert-OH is 1. The molecule has 0 aromatic carbocycles. The minimum Gasteiger partial charge on any atom is -0.432 e. The fourth-order valence-electron chi connectivity index (χ4n) is 1.14. The lowest BCUT2D eigenvalue weighted by atomic mass is 10.5. The average Bonchev–Trinajstić information content (AvgIpc) is 2.72. The summed E-state index contributed by atoms with van der Waals surface area (Å²) >= 11 is 0. The van der Waals surface area contributed by atoms with E-state index >= 15 is 0 Å². The molecule has 0 radical (unpaired) electrons. The third kappa shape index (κ3) is 3.38. The topological polar surface area (TPSA) is 58.7 Å². The summed E-state index contributed by atoms with van der Waals surface area (Å²) < 4.78 is 10.2. The van der Waals surface area contributed by atoms with Gasteiger partial charge in [0, 0.05) is 20.2 Å². The molecule has 84 valence electrons. The van der Waals surface area contributed by atoms with Crippen molar-refractivity contribution >= 4 is 6.01 Å². The zero-order chi connectivity index (χ0) is 11.1. The van der Waals surface area contributed by atoms with Crippen LogP contribution in [0.15, 0.2) is 23.3 Å². The first kappa shape index (κ1) is 11.7. The first-order chi connectivity index (χ1) is 7.31. The molecule has 0 fully saturated rings. The van der Waals surface area contributed by atoms with Gasteiger partial charge < -0.3 is 19.2 Å². The highest BCUT2D eigenvalue weighted by molar-refractivity contribution is 5.28. The summed E-state index contributed by atoms with van der Waals surface area (Å²) in [5, 5.41) is 8.85. The summed E-state index contributed by atoms with van der Waals surface area (Å²) in [6.07, 6.45) is 3.21. The zero-order valence-electron chi connectivity index (χ0n) is 8.85. The molecular weight excluding hydrogens is 196 g/mol. The van der Waals surface area contributed by atoms with Gasteiger partial charge in [-0.15, -0.1) is 6.58 Å². The molecule has 0 saturated carbocycles. The molecular formula is C10H16N2O3. The molecule has 0 spiro atoms. The summed E-state index contributed by atoms with van der Waals surface area (Å²) in [4.78, 5) is 5.99. The Balaban J connectivity index is 2.64. The number of oxazole rings is 1. The predicted octanol–water partition coefficient (Wildman–Crippen LogP) is 0.806. The summed E-state index contributed by atoms with van der Waals surface area (Å²) in [7, 11) is 1.64. The monoisotopic (exact) mass is 212 g/mol. The van der Waals surface area contributed by atoms with Gasteiger partial charge in [0.25, 0.3) is 6.01 Å². The second-order valence-corrected chi connectivity index (χ2v) is 3.01. The first-order valence-corrected chi connectivity index (χ1v) is 4.71. The number of aliphatic hydroxyl groups is 1. The van der Waals surface area contributed by atoms with E-state index in [9.17, 15) is 0 Å². The highest BCUT2D eigenvalue weighted by Crippen LogP contribution is 2.13. The van der Waals surface area contributed by atoms with E-state index in [0.29, 0.717) is 31.4 Å². The Labute approximate surface area is 89.0 Å². The molecule has 0 bridgehead atoms. The van der Waals surface area contributed by atoms with Gasteiger partial charge in [-0.3, -0.25) is 0 Å². The van der Waals surface area contributed by atoms with E-state index in [0.717, 1.165) is 0 Å². The van der Waals surface area contributed by atoms with Gasteiger partial charge in [-0.25, -0.2) is 0 Å². The number of ether oxygens (including phenoxy) is 1. The van der Waals surface area contributed by atoms with Crippen LogP contribution in [0.3, 0.4) is 0 Å². The molecule has 0 aliphatic rings. The van der Waals surface area contributed by atoms with Crippen molar-refractivity contribution in [2.75, 3.05) is 31.7 Å². The molecule has 0 unspecified atom stereocenters. The molecule has 0 atom stereocenters. The predicted molar refractivity (Wildman–Crippen MR) is 56.7 cm³/mol. The van der Waals surface area contributed by atoms with Crippen LogP contribution in [0.2, 0.25) is 0 Å². The molecule has 1 heterocycles. The van der Waals surface area contributed by atoms with E-state index in [4.69, 9.17) is 14.3 Å². The first-order valence-electron chi connectivity index (χ1n) is 4.71. The Hall–Kier alpha value is -1.33. The Kier molecular flexibility index (Phi) is 4.86. The van der Waals surface area contributed by atoms with Crippen LogP contribution in [-0.2, 0) is 11.3 Å². The minimum absolute atomic E-state index is 0.115. The maximum atomic E-state index is 8.85. The SMILES string of the molecule is C=CCN(CCOC)c1nc(CO)co1. The second kappa shape index (κ2) is 6.21. The normalized spacial score (nSPS) is 10.3. The van der Waals surface area contributed by atoms with Crippen LogP contribution in [0.5, 0.6) is 0 Å². The molecule has 5 nitrogen and oxygen atoms in total. The fourth-order valence-corrected chi connectivity index (χ4v) is 1.14. The molecule has 1 rings (SSSR count). The lowest BCUT2D eigenvalue weighted by Gasteiger charge is -2.17. The van der Waals surface area contributed by atoms with Crippen molar-refractivity contribution in [3.05, 3.63) is 24.6 Å². The quantitative estimate of drug-likeness (QED) is 0.678. The molecule has 0 aliphatic carbocycles. The molecule has 0 saturated heterocycles. The molecule has 5 heteroatoms. The van der Waals surface area contributed by atoms with Crippen molar-refractivity contribution in [3.8, 4) is 0 Å². The van der Waals surface area contributed by atoms with E-state index in [1.165, 1.54) is 6.26 Å². The zero-order valence-corrected chi connectivity index (χ0v) is 8.85. The fraction of sp³-hybridized carbons (Fsp3) is 0.500. The van der Waals surface area contributed by atoms with Crippen molar-refractivity contribution in [1.29, 1.82) is 0 Å². The van der Waals surface area contributed by atoms with Crippen molar-refractivity contribution in [1.82, 2.24) is 4.98 Å². The van der Waals surface area contributed by atoms with Crippen LogP contribution in [0.25, 0.3) is 0 Å². The molecule has 15 heavy (non-hydrogen) atoms. The van der Waals surface area contributed by atoms with Gasteiger partial charge in [-0.2, -0.15) is 4.98 Å². The maximum Gasteiger partial charge on any atom is 0.297 e. The molecule has 0 aliphatic heterocycles. The van der Waals surface area contributed by atoms with E-state index in [-0.39, 0.29) is 6.61 Å². The van der Waals surface area contributed by atoms with E-state index in [1.807, 2.05) is 4.90 Å². The van der Waals surface area contributed by atoms with Crippen LogP contribution >= 0.6 is 0 Å². The van der Waals surface area contributed by atoms with Crippen molar-refractivity contribution in [2.24, 2.45) is 0 Å². The van der Waals surface area contributed by atoms with Crippen LogP contribution in [0, 0.1) is 0 Å². The number of hydrogen-bond donors (Lipinski definition) is 1. The van der Waals surface area contributed by atoms with Gasteiger partial charge in [-0.05, 0) is 0 Å². The maximum absolute atomic E-state index is 8.85. The molecule has 1 aromatic heterocycles. The Morgan fingerprint density at radius 3 is 3.07 bits per heavy atom. The number of rotatable bonds is 7. The lowest BCUT2D eigenvalue weighted by Crippen LogP contribution is -2.27. The van der Waals surface area contributed by atoms with Gasteiger partial charge in [0.05, 0.1) is 13.2 Å². The molecule has 0 amide bonds. The lowest BCUT2D eigenvalue weighted by molar-refractivity contribution is 0.204. The molecule has 1 aromatic rings. The number of methoxy groups -OCH3 is 1. The van der Waals surface area contributed by atoms with Crippen molar-refractivity contribution in [3.63, 3.8) is 0 Å². The van der Waals surface area contributed by atoms with E-state index in [2.05, 4.69) is 11.6 Å². The number of anilines is 1. The number of nitrogens with zero attached hydrogens (tertiary/aromatic N) is 2. The van der Waals surface area contributed by atoms with E-state index < -0.39 is 0 Å². The van der Waals surface area contributed by atoms with Crippen LogP contribution in [0.1, 0.15) is 5.69 Å². The van der Waals surface area contributed by atoms with E-state index in [1.54, 1.807) is 13.2 Å². The van der Waals surface area contributed by atoms with Crippen molar-refractivity contribution < 1.29 is 14.3 Å². The van der Waals surface area contributed by atoms with Crippen molar-refractivity contribution in [2.45, 2.75) is 6.61 Å². The smallest absolute Gasteiger partial charge is 0.297 e. The summed E-state index contributed by atoms with van der Waals surface area (Å²) in [6, 6.07) is 0.482. The number of aromatic nitrogens is 1. The minimum atomic E-state index is -0.115. The van der Waals surface area contributed by atoms with Gasteiger partial charge in [0.1, 0.15) is 12.0 Å². The number of hydrogen-bond acceptors (Lipinski definition) is 5. The van der Waals surface area contributed by atoms with Crippen LogP contribution in [0.4, 0.5) is 6.01 Å². The highest BCUT2D eigenvalue weighted by Gasteiger charge is 2.10. The largest absolute Gasteiger partial charge is 0.432 e. The van der Waals surface area contributed by atoms with Gasteiger partial charge in [0.15, 0.2) is 0 Å². The van der Waals surface area contributed by atoms with Gasteiger partial charge >= 0.3 is 0 Å². The van der Waals surface area contributed by atoms with Crippen LogP contribution < -0.4 is 4.90 Å². The summed E-state index contributed by atoms with van der Waals surface area (Å²) in [5.74, 6) is 0. The Morgan fingerprint density at radius 2 is 2.53 bits per heavy atom. The third-order valence-electron chi connectivity index (χ3n) is 1.89. The Morgan fingerprint density at radius 1 is 1.73 bits per heavy atom. The third-order valence-corrected chi connectivity index (χ3v) is 1.89. The van der Waals surface area contributed by atoms with Gasteiger partial charge in [0.2, 0.25) is 0 Å². The standard InChI is InChI=1S/C10H16N2O3/c1-3-4-12(5-6-14-2)10-11-9(7-13)8-15-10/h3,8,13H,1,4-7H2,2H3. The average molecular weight is 212 g/mol. The Bertz CT molecular complexity index is 299. The van der Waals surface area contributed by atoms with Crippen LogP contribution in [-0.4, -0.2) is 36.9 Å². The second-order valence-electron chi connectivity index (χ2n) is 3.01. The highest BCUT2D eigenvalue weighted by atomic mass is 16.5. The summed E-state index contributed by atoms with van der Waals surface area (Å²) in [5.41, 5.74) is 0.525.